The first kappa shape index (κ1) is 14.6. The molecule has 1 aromatic heterocycles. The third kappa shape index (κ3) is 3.28. The average Bonchev–Trinajstić information content (AvgIpc) is 2.97. The number of halogens is 1. The van der Waals surface area contributed by atoms with E-state index < -0.39 is 0 Å². The molecule has 2 aliphatic carbocycles. The van der Waals surface area contributed by atoms with Crippen molar-refractivity contribution in [3.05, 3.63) is 21.4 Å². The molecule has 1 N–H and O–H groups in total. The van der Waals surface area contributed by atoms with Crippen molar-refractivity contribution in [2.75, 3.05) is 6.54 Å². The van der Waals surface area contributed by atoms with Gasteiger partial charge in [0.05, 0.1) is 4.88 Å². The number of carbonyl (C=O) groups is 1. The summed E-state index contributed by atoms with van der Waals surface area (Å²) < 4.78 is 0. The molecule has 2 atom stereocenters. The molecule has 0 spiro atoms. The first-order valence-corrected chi connectivity index (χ1v) is 9.51. The second-order valence-electron chi connectivity index (χ2n) is 6.04. The van der Waals surface area contributed by atoms with Crippen LogP contribution in [0.3, 0.4) is 0 Å². The maximum Gasteiger partial charge on any atom is 0.261 e. The Balaban J connectivity index is 1.59. The van der Waals surface area contributed by atoms with Gasteiger partial charge >= 0.3 is 0 Å². The summed E-state index contributed by atoms with van der Waals surface area (Å²) in [6, 6.07) is 2.14. The van der Waals surface area contributed by atoms with Gasteiger partial charge in [-0.3, -0.25) is 4.79 Å². The number of nitrogens with one attached hydrogen (secondary N) is 1. The van der Waals surface area contributed by atoms with Gasteiger partial charge in [-0.15, -0.1) is 11.3 Å². The van der Waals surface area contributed by atoms with Gasteiger partial charge < -0.3 is 5.32 Å². The van der Waals surface area contributed by atoms with E-state index in [1.807, 2.05) is 0 Å². The normalized spacial score (nSPS) is 26.1. The van der Waals surface area contributed by atoms with E-state index in [9.17, 15) is 4.79 Å². The minimum absolute atomic E-state index is 0.134. The lowest BCUT2D eigenvalue weighted by molar-refractivity contribution is 0.0952. The number of alkyl halides is 1. The molecule has 2 nitrogen and oxygen atoms in total. The smallest absolute Gasteiger partial charge is 0.261 e. The van der Waals surface area contributed by atoms with E-state index >= 15 is 0 Å². The van der Waals surface area contributed by atoms with E-state index in [4.69, 9.17) is 0 Å². The van der Waals surface area contributed by atoms with E-state index in [0.717, 1.165) is 17.8 Å². The number of amides is 1. The molecule has 0 bridgehead atoms. The highest BCUT2D eigenvalue weighted by molar-refractivity contribution is 9.09. The molecular weight excluding hydrogens is 334 g/mol. The second-order valence-corrected chi connectivity index (χ2v) is 8.35. The Morgan fingerprint density at radius 1 is 1.25 bits per heavy atom. The highest BCUT2D eigenvalue weighted by Crippen LogP contribution is 2.31. The van der Waals surface area contributed by atoms with Gasteiger partial charge in [-0.05, 0) is 56.1 Å². The second kappa shape index (κ2) is 6.61. The molecule has 4 heteroatoms. The van der Waals surface area contributed by atoms with Crippen molar-refractivity contribution in [1.82, 2.24) is 5.32 Å². The third-order valence-corrected chi connectivity index (χ3v) is 7.00. The zero-order valence-electron chi connectivity index (χ0n) is 11.8. The molecule has 3 rings (SSSR count). The standard InChI is InChI=1S/C16H22BrNOS/c17-13-7-4-6-12(13)10-18-16(19)15-9-11-5-2-1-3-8-14(11)20-15/h9,12-13H,1-8,10H2,(H,18,19). The number of aryl methyl sites for hydroxylation is 2. The van der Waals surface area contributed by atoms with Crippen molar-refractivity contribution in [1.29, 1.82) is 0 Å². The SMILES string of the molecule is O=C(NCC1CCCC1Br)c1cc2c(s1)CCCCC2. The quantitative estimate of drug-likeness (QED) is 0.635. The van der Waals surface area contributed by atoms with E-state index in [1.54, 1.807) is 11.3 Å². The molecule has 110 valence electrons. The fraction of sp³-hybridized carbons (Fsp3) is 0.688. The molecule has 0 saturated heterocycles. The van der Waals surface area contributed by atoms with Crippen LogP contribution in [-0.2, 0) is 12.8 Å². The Morgan fingerprint density at radius 2 is 2.10 bits per heavy atom. The molecule has 1 heterocycles. The fourth-order valence-corrected chi connectivity index (χ4v) is 5.26. The molecule has 0 aromatic carbocycles. The minimum Gasteiger partial charge on any atom is -0.351 e. The van der Waals surface area contributed by atoms with Crippen LogP contribution in [0.5, 0.6) is 0 Å². The summed E-state index contributed by atoms with van der Waals surface area (Å²) in [5, 5.41) is 3.14. The highest BCUT2D eigenvalue weighted by Gasteiger charge is 2.25. The van der Waals surface area contributed by atoms with E-state index in [0.29, 0.717) is 10.7 Å². The molecule has 20 heavy (non-hydrogen) atoms. The van der Waals surface area contributed by atoms with Crippen LogP contribution in [0, 0.1) is 5.92 Å². The van der Waals surface area contributed by atoms with Crippen LogP contribution < -0.4 is 5.32 Å². The van der Waals surface area contributed by atoms with Crippen molar-refractivity contribution in [3.63, 3.8) is 0 Å². The summed E-state index contributed by atoms with van der Waals surface area (Å²) in [4.78, 5) is 15.3. The molecule has 0 aliphatic heterocycles. The number of carbonyl (C=O) groups excluding carboxylic acids is 1. The predicted octanol–water partition coefficient (Wildman–Crippen LogP) is 4.31. The van der Waals surface area contributed by atoms with Crippen molar-refractivity contribution >= 4 is 33.2 Å². The molecule has 0 radical (unpaired) electrons. The first-order valence-electron chi connectivity index (χ1n) is 7.78. The average molecular weight is 356 g/mol. The molecular formula is C16H22BrNOS. The van der Waals surface area contributed by atoms with Crippen LogP contribution in [0.25, 0.3) is 0 Å². The highest BCUT2D eigenvalue weighted by atomic mass is 79.9. The molecule has 1 fully saturated rings. The van der Waals surface area contributed by atoms with Crippen LogP contribution in [0.15, 0.2) is 6.07 Å². The van der Waals surface area contributed by atoms with Gasteiger partial charge in [-0.2, -0.15) is 0 Å². The van der Waals surface area contributed by atoms with Crippen LogP contribution >= 0.6 is 27.3 Å². The number of rotatable bonds is 3. The molecule has 2 unspecified atom stereocenters. The Kier molecular flexibility index (Phi) is 4.82. The van der Waals surface area contributed by atoms with Gasteiger partial charge in [-0.1, -0.05) is 28.8 Å². The number of hydrogen-bond donors (Lipinski definition) is 1. The third-order valence-electron chi connectivity index (χ3n) is 4.56. The minimum atomic E-state index is 0.134. The van der Waals surface area contributed by atoms with Gasteiger partial charge in [0.2, 0.25) is 0 Å². The maximum atomic E-state index is 12.3. The lowest BCUT2D eigenvalue weighted by Gasteiger charge is -2.14. The lowest BCUT2D eigenvalue weighted by atomic mass is 10.1. The van der Waals surface area contributed by atoms with Crippen LogP contribution in [0.2, 0.25) is 0 Å². The summed E-state index contributed by atoms with van der Waals surface area (Å²) in [5.74, 6) is 0.742. The van der Waals surface area contributed by atoms with Crippen molar-refractivity contribution in [2.24, 2.45) is 5.92 Å². The summed E-state index contributed by atoms with van der Waals surface area (Å²) in [5.41, 5.74) is 1.43. The Labute approximate surface area is 133 Å². The zero-order chi connectivity index (χ0) is 13.9. The topological polar surface area (TPSA) is 29.1 Å². The number of thiophene rings is 1. The van der Waals surface area contributed by atoms with Crippen LogP contribution in [0.4, 0.5) is 0 Å². The number of hydrogen-bond acceptors (Lipinski definition) is 2. The summed E-state index contributed by atoms with van der Waals surface area (Å²) in [6.45, 7) is 0.817. The lowest BCUT2D eigenvalue weighted by Crippen LogP contribution is -2.30. The maximum absolute atomic E-state index is 12.3. The van der Waals surface area contributed by atoms with Gasteiger partial charge in [0, 0.05) is 16.2 Å². The van der Waals surface area contributed by atoms with Gasteiger partial charge in [0.1, 0.15) is 0 Å². The van der Waals surface area contributed by atoms with E-state index in [2.05, 4.69) is 27.3 Å². The van der Waals surface area contributed by atoms with Gasteiger partial charge in [-0.25, -0.2) is 0 Å². The fourth-order valence-electron chi connectivity index (χ4n) is 3.31. The van der Waals surface area contributed by atoms with Crippen molar-refractivity contribution in [2.45, 2.75) is 56.2 Å². The monoisotopic (exact) mass is 355 g/mol. The molecule has 1 aromatic rings. The Morgan fingerprint density at radius 3 is 2.90 bits per heavy atom. The first-order chi connectivity index (χ1) is 9.74. The Hall–Kier alpha value is -0.350. The summed E-state index contributed by atoms with van der Waals surface area (Å²) >= 11 is 5.43. The summed E-state index contributed by atoms with van der Waals surface area (Å²) in [6.07, 6.45) is 9.97. The van der Waals surface area contributed by atoms with E-state index in [1.165, 1.54) is 55.4 Å². The zero-order valence-corrected chi connectivity index (χ0v) is 14.2. The van der Waals surface area contributed by atoms with Gasteiger partial charge in [0.15, 0.2) is 0 Å². The van der Waals surface area contributed by atoms with E-state index in [-0.39, 0.29) is 5.91 Å². The van der Waals surface area contributed by atoms with Gasteiger partial charge in [0.25, 0.3) is 5.91 Å². The molecule has 1 saturated carbocycles. The molecule has 1 amide bonds. The van der Waals surface area contributed by atoms with Crippen molar-refractivity contribution in [3.8, 4) is 0 Å². The Bertz CT molecular complexity index is 461. The van der Waals surface area contributed by atoms with Crippen LogP contribution in [-0.4, -0.2) is 17.3 Å². The largest absolute Gasteiger partial charge is 0.351 e. The predicted molar refractivity (Wildman–Crippen MR) is 88.0 cm³/mol. The van der Waals surface area contributed by atoms with Crippen LogP contribution in [0.1, 0.15) is 58.6 Å². The summed E-state index contributed by atoms with van der Waals surface area (Å²) in [7, 11) is 0. The number of fused-ring (bicyclic) bond motifs is 1. The molecule has 2 aliphatic rings. The van der Waals surface area contributed by atoms with Crippen molar-refractivity contribution < 1.29 is 4.79 Å².